The zero-order chi connectivity index (χ0) is 16.2. The Hall–Kier alpha value is -1.000. The monoisotopic (exact) mass is 365 g/mol. The van der Waals surface area contributed by atoms with E-state index in [1.807, 2.05) is 36.0 Å². The average Bonchev–Trinajstić information content (AvgIpc) is 2.58. The van der Waals surface area contributed by atoms with Crippen LogP contribution in [0, 0.1) is 0 Å². The van der Waals surface area contributed by atoms with Gasteiger partial charge in [0.25, 0.3) is 0 Å². The summed E-state index contributed by atoms with van der Waals surface area (Å²) < 4.78 is 0. The van der Waals surface area contributed by atoms with Crippen LogP contribution in [0.2, 0.25) is 10.0 Å². The fourth-order valence-corrected chi connectivity index (χ4v) is 4.07. The molecule has 0 aromatic heterocycles. The van der Waals surface area contributed by atoms with E-state index in [4.69, 9.17) is 23.2 Å². The molecule has 1 heterocycles. The lowest BCUT2D eigenvalue weighted by Gasteiger charge is -2.26. The molecular weight excluding hydrogens is 349 g/mol. The van der Waals surface area contributed by atoms with Gasteiger partial charge in [0, 0.05) is 42.3 Å². The first-order valence-electron chi connectivity index (χ1n) is 7.53. The predicted octanol–water partition coefficient (Wildman–Crippen LogP) is 4.77. The van der Waals surface area contributed by atoms with Gasteiger partial charge in [-0.2, -0.15) is 11.8 Å². The maximum absolute atomic E-state index is 12.9. The second-order valence-electron chi connectivity index (χ2n) is 5.48. The van der Waals surface area contributed by atoms with Gasteiger partial charge >= 0.3 is 0 Å². The van der Waals surface area contributed by atoms with Crippen molar-refractivity contribution >= 4 is 40.7 Å². The molecule has 0 radical (unpaired) electrons. The van der Waals surface area contributed by atoms with E-state index in [2.05, 4.69) is 4.90 Å². The van der Waals surface area contributed by atoms with Crippen molar-refractivity contribution in [2.45, 2.75) is 6.54 Å². The minimum atomic E-state index is -0.0699. The molecule has 1 fully saturated rings. The number of carbonyl (C=O) groups is 1. The first-order chi connectivity index (χ1) is 11.2. The summed E-state index contributed by atoms with van der Waals surface area (Å²) in [6, 6.07) is 12.9. The SMILES string of the molecule is O=C(c1ccccc1CN1CCSCC1)c1cccc(Cl)c1Cl. The molecule has 1 saturated heterocycles. The smallest absolute Gasteiger partial charge is 0.194 e. The molecule has 23 heavy (non-hydrogen) atoms. The van der Waals surface area contributed by atoms with Crippen molar-refractivity contribution in [3.8, 4) is 0 Å². The highest BCUT2D eigenvalue weighted by atomic mass is 35.5. The van der Waals surface area contributed by atoms with Gasteiger partial charge in [-0.1, -0.05) is 53.5 Å². The third-order valence-corrected chi connectivity index (χ3v) is 5.72. The number of hydrogen-bond donors (Lipinski definition) is 0. The fraction of sp³-hybridized carbons (Fsp3) is 0.278. The second-order valence-corrected chi connectivity index (χ2v) is 7.49. The first kappa shape index (κ1) is 16.8. The highest BCUT2D eigenvalue weighted by Crippen LogP contribution is 2.28. The molecule has 0 saturated carbocycles. The molecule has 0 amide bonds. The molecule has 120 valence electrons. The molecule has 0 N–H and O–H groups in total. The van der Waals surface area contributed by atoms with E-state index in [0.717, 1.165) is 36.7 Å². The second kappa shape index (κ2) is 7.71. The first-order valence-corrected chi connectivity index (χ1v) is 9.44. The van der Waals surface area contributed by atoms with Crippen molar-refractivity contribution < 1.29 is 4.79 Å². The summed E-state index contributed by atoms with van der Waals surface area (Å²) in [7, 11) is 0. The Bertz CT molecular complexity index is 714. The van der Waals surface area contributed by atoms with Gasteiger partial charge in [-0.3, -0.25) is 9.69 Å². The van der Waals surface area contributed by atoms with Crippen LogP contribution in [0.5, 0.6) is 0 Å². The molecule has 3 rings (SSSR count). The standard InChI is InChI=1S/C18H17Cl2NOS/c19-16-7-3-6-15(17(16)20)18(22)14-5-2-1-4-13(14)12-21-8-10-23-11-9-21/h1-7H,8-12H2. The molecule has 0 atom stereocenters. The molecular formula is C18H17Cl2NOS. The number of carbonyl (C=O) groups excluding carboxylic acids is 1. The van der Waals surface area contributed by atoms with Crippen molar-refractivity contribution in [2.24, 2.45) is 0 Å². The molecule has 0 unspecified atom stereocenters. The Kier molecular flexibility index (Phi) is 5.65. The van der Waals surface area contributed by atoms with Crippen molar-refractivity contribution in [3.63, 3.8) is 0 Å². The molecule has 2 aromatic rings. The van der Waals surface area contributed by atoms with Crippen molar-refractivity contribution in [1.82, 2.24) is 4.90 Å². The summed E-state index contributed by atoms with van der Waals surface area (Å²) in [6.07, 6.45) is 0. The van der Waals surface area contributed by atoms with E-state index in [9.17, 15) is 4.79 Å². The normalized spacial score (nSPS) is 15.6. The van der Waals surface area contributed by atoms with Crippen LogP contribution in [0.4, 0.5) is 0 Å². The van der Waals surface area contributed by atoms with Gasteiger partial charge in [-0.25, -0.2) is 0 Å². The minimum Gasteiger partial charge on any atom is -0.297 e. The zero-order valence-corrected chi connectivity index (χ0v) is 14.9. The molecule has 1 aliphatic heterocycles. The van der Waals surface area contributed by atoms with Crippen molar-refractivity contribution in [3.05, 3.63) is 69.2 Å². The summed E-state index contributed by atoms with van der Waals surface area (Å²) in [5.74, 6) is 2.23. The largest absolute Gasteiger partial charge is 0.297 e. The summed E-state index contributed by atoms with van der Waals surface area (Å²) in [5.41, 5.74) is 2.20. The van der Waals surface area contributed by atoms with Gasteiger partial charge in [-0.05, 0) is 17.7 Å². The van der Waals surface area contributed by atoms with Crippen LogP contribution in [0.1, 0.15) is 21.5 Å². The molecule has 5 heteroatoms. The Morgan fingerprint density at radius 2 is 1.70 bits per heavy atom. The minimum absolute atomic E-state index is 0.0699. The van der Waals surface area contributed by atoms with Crippen LogP contribution < -0.4 is 0 Å². The number of hydrogen-bond acceptors (Lipinski definition) is 3. The maximum Gasteiger partial charge on any atom is 0.194 e. The van der Waals surface area contributed by atoms with E-state index in [0.29, 0.717) is 21.2 Å². The molecule has 0 bridgehead atoms. The van der Waals surface area contributed by atoms with Crippen LogP contribution in [0.3, 0.4) is 0 Å². The predicted molar refractivity (Wildman–Crippen MR) is 98.9 cm³/mol. The van der Waals surface area contributed by atoms with Crippen molar-refractivity contribution in [1.29, 1.82) is 0 Å². The van der Waals surface area contributed by atoms with Crippen LogP contribution in [0.15, 0.2) is 42.5 Å². The third kappa shape index (κ3) is 3.92. The van der Waals surface area contributed by atoms with Crippen LogP contribution in [-0.2, 0) is 6.54 Å². The third-order valence-electron chi connectivity index (χ3n) is 3.96. The summed E-state index contributed by atoms with van der Waals surface area (Å²) >= 11 is 14.2. The van der Waals surface area contributed by atoms with Crippen LogP contribution in [0.25, 0.3) is 0 Å². The number of rotatable bonds is 4. The van der Waals surface area contributed by atoms with E-state index in [-0.39, 0.29) is 5.78 Å². The highest BCUT2D eigenvalue weighted by Gasteiger charge is 2.19. The van der Waals surface area contributed by atoms with E-state index >= 15 is 0 Å². The van der Waals surface area contributed by atoms with Gasteiger partial charge in [0.1, 0.15) is 0 Å². The zero-order valence-electron chi connectivity index (χ0n) is 12.6. The highest BCUT2D eigenvalue weighted by molar-refractivity contribution is 7.99. The molecule has 0 aliphatic carbocycles. The Labute approximate surface area is 150 Å². The Morgan fingerprint density at radius 3 is 2.48 bits per heavy atom. The Morgan fingerprint density at radius 1 is 1.00 bits per heavy atom. The Balaban J connectivity index is 1.90. The van der Waals surface area contributed by atoms with Gasteiger partial charge < -0.3 is 0 Å². The van der Waals surface area contributed by atoms with E-state index < -0.39 is 0 Å². The van der Waals surface area contributed by atoms with Gasteiger partial charge in [-0.15, -0.1) is 0 Å². The number of halogens is 2. The van der Waals surface area contributed by atoms with Crippen LogP contribution >= 0.6 is 35.0 Å². The quantitative estimate of drug-likeness (QED) is 0.727. The van der Waals surface area contributed by atoms with Gasteiger partial charge in [0.15, 0.2) is 5.78 Å². The summed E-state index contributed by atoms with van der Waals surface area (Å²) in [4.78, 5) is 15.3. The van der Waals surface area contributed by atoms with E-state index in [1.165, 1.54) is 0 Å². The number of nitrogens with zero attached hydrogens (tertiary/aromatic N) is 1. The lowest BCUT2D eigenvalue weighted by Crippen LogP contribution is -2.32. The van der Waals surface area contributed by atoms with E-state index in [1.54, 1.807) is 18.2 Å². The fourth-order valence-electron chi connectivity index (χ4n) is 2.70. The maximum atomic E-state index is 12.9. The molecule has 2 aromatic carbocycles. The molecule has 2 nitrogen and oxygen atoms in total. The summed E-state index contributed by atoms with van der Waals surface area (Å²) in [6.45, 7) is 2.91. The molecule has 1 aliphatic rings. The number of benzene rings is 2. The van der Waals surface area contributed by atoms with Crippen LogP contribution in [-0.4, -0.2) is 35.3 Å². The lowest BCUT2D eigenvalue weighted by molar-refractivity contribution is 0.103. The van der Waals surface area contributed by atoms with Gasteiger partial charge in [0.05, 0.1) is 10.0 Å². The molecule has 0 spiro atoms. The topological polar surface area (TPSA) is 20.3 Å². The number of thioether (sulfide) groups is 1. The van der Waals surface area contributed by atoms with Gasteiger partial charge in [0.2, 0.25) is 0 Å². The number of ketones is 1. The average molecular weight is 366 g/mol. The lowest BCUT2D eigenvalue weighted by atomic mass is 9.98. The summed E-state index contributed by atoms with van der Waals surface area (Å²) in [5, 5.41) is 0.728. The van der Waals surface area contributed by atoms with Crippen molar-refractivity contribution in [2.75, 3.05) is 24.6 Å².